The van der Waals surface area contributed by atoms with Gasteiger partial charge in [-0.3, -0.25) is 0 Å². The van der Waals surface area contributed by atoms with E-state index in [-0.39, 0.29) is 0 Å². The third-order valence-electron chi connectivity index (χ3n) is 2.85. The molecule has 0 amide bonds. The van der Waals surface area contributed by atoms with Crippen molar-refractivity contribution in [2.75, 3.05) is 0 Å². The molecule has 2 unspecified atom stereocenters. The average molecular weight is 151 g/mol. The number of rotatable bonds is 1. The van der Waals surface area contributed by atoms with Gasteiger partial charge in [0.15, 0.2) is 0 Å². The fraction of sp³-hybridized carbons (Fsp3) is 0.667. The topological polar surface area (TPSA) is 32.6 Å². The van der Waals surface area contributed by atoms with Crippen LogP contribution in [0.5, 0.6) is 0 Å². The quantitative estimate of drug-likeness (QED) is 0.348. The van der Waals surface area contributed by atoms with Crippen LogP contribution in [0.25, 0.3) is 0 Å². The van der Waals surface area contributed by atoms with Gasteiger partial charge in [0.25, 0.3) is 0 Å². The van der Waals surface area contributed by atoms with Crippen molar-refractivity contribution in [2.24, 2.45) is 17.0 Å². The molecule has 2 aliphatic carbocycles. The van der Waals surface area contributed by atoms with Gasteiger partial charge in [-0.25, -0.2) is 0 Å². The van der Waals surface area contributed by atoms with Crippen molar-refractivity contribution in [1.29, 1.82) is 0 Å². The Morgan fingerprint density at radius 3 is 2.45 bits per heavy atom. The van der Waals surface area contributed by atoms with Crippen molar-refractivity contribution in [1.82, 2.24) is 0 Å². The minimum absolute atomic E-state index is 0.849. The van der Waals surface area contributed by atoms with Gasteiger partial charge in [0, 0.05) is 0 Å². The molecule has 2 fully saturated rings. The Bertz CT molecular complexity index is 194. The van der Waals surface area contributed by atoms with Crippen LogP contribution >= 0.6 is 0 Å². The molecule has 11 heavy (non-hydrogen) atoms. The number of hydrogen-bond donors (Lipinski definition) is 1. The average Bonchev–Trinajstić information content (AvgIpc) is 2.75. The molecule has 2 heteroatoms. The van der Waals surface area contributed by atoms with E-state index in [0.717, 1.165) is 11.8 Å². The normalized spacial score (nSPS) is 35.5. The molecule has 0 aromatic carbocycles. The zero-order chi connectivity index (χ0) is 7.68. The Morgan fingerprint density at radius 2 is 1.91 bits per heavy atom. The van der Waals surface area contributed by atoms with Gasteiger partial charge in [-0.15, -0.1) is 0 Å². The van der Waals surface area contributed by atoms with E-state index in [4.69, 9.17) is 5.21 Å². The van der Waals surface area contributed by atoms with Crippen molar-refractivity contribution < 1.29 is 5.21 Å². The van der Waals surface area contributed by atoms with Crippen LogP contribution in [0.3, 0.4) is 0 Å². The minimum Gasteiger partial charge on any atom is -0.411 e. The monoisotopic (exact) mass is 151 g/mol. The molecule has 0 aromatic rings. The number of allylic oxidation sites excluding steroid dienone is 2. The van der Waals surface area contributed by atoms with Crippen LogP contribution in [0.4, 0.5) is 0 Å². The fourth-order valence-electron chi connectivity index (χ4n) is 2.23. The summed E-state index contributed by atoms with van der Waals surface area (Å²) in [6.07, 6.45) is 8.95. The van der Waals surface area contributed by atoms with Gasteiger partial charge in [0.2, 0.25) is 0 Å². The minimum atomic E-state index is 0.849. The fourth-order valence-corrected chi connectivity index (χ4v) is 2.23. The van der Waals surface area contributed by atoms with E-state index in [9.17, 15) is 0 Å². The summed E-state index contributed by atoms with van der Waals surface area (Å²) in [5.74, 6) is 1.70. The Hall–Kier alpha value is -0.790. The summed E-state index contributed by atoms with van der Waals surface area (Å²) in [5.41, 5.74) is 1.51. The lowest BCUT2D eigenvalue weighted by atomic mass is 10.0. The molecule has 1 N–H and O–H groups in total. The molecule has 0 radical (unpaired) electrons. The first kappa shape index (κ1) is 6.89. The largest absolute Gasteiger partial charge is 0.411 e. The lowest BCUT2D eigenvalue weighted by Crippen LogP contribution is -1.91. The number of nitrogens with zero attached hydrogens (tertiary/aromatic N) is 1. The second-order valence-corrected chi connectivity index (χ2v) is 3.43. The SMILES string of the molecule is O/N=C/C=C1C2CCCCC12. The molecule has 0 saturated heterocycles. The molecule has 60 valence electrons. The third kappa shape index (κ3) is 1.17. The second-order valence-electron chi connectivity index (χ2n) is 3.43. The smallest absolute Gasteiger partial charge is 0.0661 e. The van der Waals surface area contributed by atoms with Crippen LogP contribution in [-0.2, 0) is 0 Å². The molecule has 2 aliphatic rings. The van der Waals surface area contributed by atoms with Gasteiger partial charge < -0.3 is 5.21 Å². The first-order valence-corrected chi connectivity index (χ1v) is 4.31. The van der Waals surface area contributed by atoms with Crippen LogP contribution in [0.15, 0.2) is 16.8 Å². The highest BCUT2D eigenvalue weighted by Crippen LogP contribution is 2.54. The highest BCUT2D eigenvalue weighted by atomic mass is 16.4. The lowest BCUT2D eigenvalue weighted by molar-refractivity contribution is 0.322. The van der Waals surface area contributed by atoms with E-state index < -0.39 is 0 Å². The molecule has 0 heterocycles. The van der Waals surface area contributed by atoms with Gasteiger partial charge in [0.05, 0.1) is 6.21 Å². The van der Waals surface area contributed by atoms with Gasteiger partial charge in [-0.05, 0) is 30.8 Å². The molecular formula is C9H13NO. The maximum Gasteiger partial charge on any atom is 0.0661 e. The molecule has 2 rings (SSSR count). The number of hydrogen-bond acceptors (Lipinski definition) is 2. The Balaban J connectivity index is 1.99. The molecule has 0 bridgehead atoms. The highest BCUT2D eigenvalue weighted by Gasteiger charge is 2.44. The van der Waals surface area contributed by atoms with Crippen LogP contribution < -0.4 is 0 Å². The molecular weight excluding hydrogens is 138 g/mol. The van der Waals surface area contributed by atoms with E-state index in [1.54, 1.807) is 0 Å². The van der Waals surface area contributed by atoms with Crippen molar-refractivity contribution in [3.05, 3.63) is 11.6 Å². The van der Waals surface area contributed by atoms with Crippen LogP contribution in [0.1, 0.15) is 25.7 Å². The summed E-state index contributed by atoms with van der Waals surface area (Å²) >= 11 is 0. The zero-order valence-corrected chi connectivity index (χ0v) is 6.53. The van der Waals surface area contributed by atoms with Crippen molar-refractivity contribution in [3.63, 3.8) is 0 Å². The van der Waals surface area contributed by atoms with Gasteiger partial charge in [-0.2, -0.15) is 0 Å². The Morgan fingerprint density at radius 1 is 1.27 bits per heavy atom. The Labute approximate surface area is 66.6 Å². The van der Waals surface area contributed by atoms with Crippen molar-refractivity contribution >= 4 is 6.21 Å². The predicted octanol–water partition coefficient (Wildman–Crippen LogP) is 2.19. The van der Waals surface area contributed by atoms with Gasteiger partial charge in [-0.1, -0.05) is 23.6 Å². The van der Waals surface area contributed by atoms with Crippen LogP contribution in [0, 0.1) is 11.8 Å². The molecule has 2 nitrogen and oxygen atoms in total. The first-order valence-electron chi connectivity index (χ1n) is 4.31. The van der Waals surface area contributed by atoms with E-state index in [0.29, 0.717) is 0 Å². The molecule has 0 aromatic heterocycles. The Kier molecular flexibility index (Phi) is 1.68. The van der Waals surface area contributed by atoms with Crippen molar-refractivity contribution in [2.45, 2.75) is 25.7 Å². The first-order chi connectivity index (χ1) is 5.43. The molecule has 0 aliphatic heterocycles. The molecule has 2 atom stereocenters. The van der Waals surface area contributed by atoms with E-state index in [2.05, 4.69) is 5.16 Å². The summed E-state index contributed by atoms with van der Waals surface area (Å²) in [6, 6.07) is 0. The van der Waals surface area contributed by atoms with Gasteiger partial charge >= 0.3 is 0 Å². The molecule has 0 spiro atoms. The van der Waals surface area contributed by atoms with Crippen molar-refractivity contribution in [3.8, 4) is 0 Å². The van der Waals surface area contributed by atoms with Crippen LogP contribution in [-0.4, -0.2) is 11.4 Å². The molecule has 2 saturated carbocycles. The third-order valence-corrected chi connectivity index (χ3v) is 2.85. The number of fused-ring (bicyclic) bond motifs is 1. The zero-order valence-electron chi connectivity index (χ0n) is 6.53. The summed E-state index contributed by atoms with van der Waals surface area (Å²) in [4.78, 5) is 0. The van der Waals surface area contributed by atoms with E-state index >= 15 is 0 Å². The van der Waals surface area contributed by atoms with E-state index in [1.807, 2.05) is 6.08 Å². The maximum atomic E-state index is 8.20. The summed E-state index contributed by atoms with van der Waals surface area (Å²) in [6.45, 7) is 0. The van der Waals surface area contributed by atoms with E-state index in [1.165, 1.54) is 37.5 Å². The highest BCUT2D eigenvalue weighted by molar-refractivity contribution is 5.73. The maximum absolute atomic E-state index is 8.20. The lowest BCUT2D eigenvalue weighted by Gasteiger charge is -2.04. The van der Waals surface area contributed by atoms with Crippen LogP contribution in [0.2, 0.25) is 0 Å². The van der Waals surface area contributed by atoms with Gasteiger partial charge in [0.1, 0.15) is 0 Å². The standard InChI is InChI=1S/C9H13NO/c11-10-6-5-9-7-3-1-2-4-8(7)9/h5-8,11H,1-4H2/b9-5?,10-6+. The predicted molar refractivity (Wildman–Crippen MR) is 43.8 cm³/mol. The second kappa shape index (κ2) is 2.68. The summed E-state index contributed by atoms with van der Waals surface area (Å²) in [5, 5.41) is 11.2. The summed E-state index contributed by atoms with van der Waals surface area (Å²) in [7, 11) is 0. The summed E-state index contributed by atoms with van der Waals surface area (Å²) < 4.78 is 0. The number of oxime groups is 1.